The third-order valence-electron chi connectivity index (χ3n) is 4.66. The molecular weight excluding hydrogens is 440 g/mol. The highest BCUT2D eigenvalue weighted by molar-refractivity contribution is 9.10. The Labute approximate surface area is 186 Å². The van der Waals surface area contributed by atoms with Crippen molar-refractivity contribution in [3.63, 3.8) is 0 Å². The highest BCUT2D eigenvalue weighted by Gasteiger charge is 2.08. The number of ether oxygens (including phenoxy) is 2. The highest BCUT2D eigenvalue weighted by atomic mass is 79.9. The number of rotatable bonds is 8. The van der Waals surface area contributed by atoms with E-state index in [2.05, 4.69) is 46.3 Å². The quantitative estimate of drug-likeness (QED) is 0.363. The second kappa shape index (κ2) is 10.8. The van der Waals surface area contributed by atoms with Gasteiger partial charge in [-0.15, -0.1) is 0 Å². The molecule has 0 unspecified atom stereocenters. The molecular formula is C26H25BrO3. The van der Waals surface area contributed by atoms with Crippen LogP contribution in [0, 0.1) is 6.92 Å². The molecule has 0 spiro atoms. The van der Waals surface area contributed by atoms with Gasteiger partial charge in [0.2, 0.25) is 0 Å². The third-order valence-corrected chi connectivity index (χ3v) is 5.19. The molecule has 0 saturated heterocycles. The van der Waals surface area contributed by atoms with Gasteiger partial charge >= 0.3 is 5.97 Å². The standard InChI is InChI=1S/C26H25BrO3/c1-3-29-26(28)18-20-9-14-25(19(2)17-20)30-16-15-24(21-7-5-4-6-8-21)22-10-12-23(27)13-11-22/h4-15,17H,3,16,18H2,1-2H3/b24-15+. The van der Waals surface area contributed by atoms with Crippen molar-refractivity contribution in [3.05, 3.63) is 106 Å². The minimum atomic E-state index is -0.212. The summed E-state index contributed by atoms with van der Waals surface area (Å²) in [5.41, 5.74) is 5.32. The van der Waals surface area contributed by atoms with Gasteiger partial charge in [-0.1, -0.05) is 70.5 Å². The van der Waals surface area contributed by atoms with E-state index in [1.54, 1.807) is 0 Å². The Kier molecular flexibility index (Phi) is 7.86. The first-order valence-electron chi connectivity index (χ1n) is 9.96. The van der Waals surface area contributed by atoms with Crippen LogP contribution < -0.4 is 4.74 Å². The molecule has 0 aliphatic rings. The first kappa shape index (κ1) is 21.8. The molecule has 0 aromatic heterocycles. The van der Waals surface area contributed by atoms with E-state index in [1.807, 2.05) is 62.4 Å². The van der Waals surface area contributed by atoms with Crippen molar-refractivity contribution < 1.29 is 14.3 Å². The second-order valence-electron chi connectivity index (χ2n) is 6.88. The van der Waals surface area contributed by atoms with Gasteiger partial charge in [-0.25, -0.2) is 0 Å². The van der Waals surface area contributed by atoms with Crippen molar-refractivity contribution in [2.75, 3.05) is 13.2 Å². The van der Waals surface area contributed by atoms with Crippen LogP contribution in [0.2, 0.25) is 0 Å². The SMILES string of the molecule is CCOC(=O)Cc1ccc(OC/C=C(\c2ccccc2)c2ccc(Br)cc2)c(C)c1. The Hall–Kier alpha value is -2.85. The Bertz CT molecular complexity index is 1010. The summed E-state index contributed by atoms with van der Waals surface area (Å²) in [6.45, 7) is 4.64. The summed E-state index contributed by atoms with van der Waals surface area (Å²) in [6, 6.07) is 24.4. The van der Waals surface area contributed by atoms with Crippen LogP contribution in [0.1, 0.15) is 29.2 Å². The molecule has 4 heteroatoms. The molecule has 30 heavy (non-hydrogen) atoms. The zero-order valence-corrected chi connectivity index (χ0v) is 18.8. The predicted molar refractivity (Wildman–Crippen MR) is 125 cm³/mol. The van der Waals surface area contributed by atoms with Crippen LogP contribution in [0.5, 0.6) is 5.75 Å². The second-order valence-corrected chi connectivity index (χ2v) is 7.80. The fraction of sp³-hybridized carbons (Fsp3) is 0.192. The maximum atomic E-state index is 11.7. The molecule has 0 aliphatic carbocycles. The molecule has 0 aliphatic heterocycles. The van der Waals surface area contributed by atoms with Gasteiger partial charge < -0.3 is 9.47 Å². The van der Waals surface area contributed by atoms with Crippen molar-refractivity contribution in [1.82, 2.24) is 0 Å². The van der Waals surface area contributed by atoms with Gasteiger partial charge in [0, 0.05) is 4.47 Å². The number of hydrogen-bond donors (Lipinski definition) is 0. The lowest BCUT2D eigenvalue weighted by molar-refractivity contribution is -0.142. The van der Waals surface area contributed by atoms with Gasteiger partial charge in [-0.2, -0.15) is 0 Å². The maximum Gasteiger partial charge on any atom is 0.310 e. The minimum absolute atomic E-state index is 0.212. The first-order chi connectivity index (χ1) is 14.6. The number of carbonyl (C=O) groups is 1. The third kappa shape index (κ3) is 6.07. The molecule has 0 fully saturated rings. The largest absolute Gasteiger partial charge is 0.489 e. The van der Waals surface area contributed by atoms with Gasteiger partial charge in [0.1, 0.15) is 12.4 Å². The normalized spacial score (nSPS) is 11.2. The van der Waals surface area contributed by atoms with Gasteiger partial charge in [0.05, 0.1) is 13.0 Å². The molecule has 0 N–H and O–H groups in total. The van der Waals surface area contributed by atoms with Crippen LogP contribution in [-0.4, -0.2) is 19.2 Å². The molecule has 0 saturated carbocycles. The van der Waals surface area contributed by atoms with Crippen molar-refractivity contribution in [3.8, 4) is 5.75 Å². The lowest BCUT2D eigenvalue weighted by Gasteiger charge is -2.12. The Balaban J connectivity index is 1.75. The Morgan fingerprint density at radius 2 is 1.67 bits per heavy atom. The van der Waals surface area contributed by atoms with Crippen molar-refractivity contribution in [1.29, 1.82) is 0 Å². The van der Waals surface area contributed by atoms with E-state index in [-0.39, 0.29) is 12.4 Å². The summed E-state index contributed by atoms with van der Waals surface area (Å²) in [5, 5.41) is 0. The number of halogens is 1. The molecule has 0 atom stereocenters. The van der Waals surface area contributed by atoms with Gasteiger partial charge in [-0.3, -0.25) is 4.79 Å². The predicted octanol–water partition coefficient (Wildman–Crippen LogP) is 6.37. The van der Waals surface area contributed by atoms with E-state index in [0.29, 0.717) is 13.2 Å². The molecule has 3 nitrogen and oxygen atoms in total. The van der Waals surface area contributed by atoms with Crippen molar-refractivity contribution >= 4 is 27.5 Å². The molecule has 154 valence electrons. The van der Waals surface area contributed by atoms with E-state index in [0.717, 1.165) is 38.0 Å². The summed E-state index contributed by atoms with van der Waals surface area (Å²) in [6.07, 6.45) is 2.38. The summed E-state index contributed by atoms with van der Waals surface area (Å²) in [5.74, 6) is 0.595. The topological polar surface area (TPSA) is 35.5 Å². The maximum absolute atomic E-state index is 11.7. The van der Waals surface area contributed by atoms with Gasteiger partial charge in [0.15, 0.2) is 0 Å². The Morgan fingerprint density at radius 3 is 2.33 bits per heavy atom. The van der Waals surface area contributed by atoms with Crippen LogP contribution in [0.15, 0.2) is 83.3 Å². The van der Waals surface area contributed by atoms with Crippen LogP contribution in [0.4, 0.5) is 0 Å². The van der Waals surface area contributed by atoms with Crippen LogP contribution in [0.25, 0.3) is 5.57 Å². The van der Waals surface area contributed by atoms with Crippen molar-refractivity contribution in [2.24, 2.45) is 0 Å². The lowest BCUT2D eigenvalue weighted by Crippen LogP contribution is -2.07. The zero-order valence-electron chi connectivity index (χ0n) is 17.2. The molecule has 3 aromatic carbocycles. The summed E-state index contributed by atoms with van der Waals surface area (Å²) >= 11 is 3.50. The number of aryl methyl sites for hydroxylation is 1. The summed E-state index contributed by atoms with van der Waals surface area (Å²) in [4.78, 5) is 11.7. The van der Waals surface area contributed by atoms with Gasteiger partial charge in [-0.05, 0) is 65.9 Å². The van der Waals surface area contributed by atoms with E-state index in [1.165, 1.54) is 0 Å². The van der Waals surface area contributed by atoms with E-state index in [4.69, 9.17) is 9.47 Å². The smallest absolute Gasteiger partial charge is 0.310 e. The van der Waals surface area contributed by atoms with E-state index >= 15 is 0 Å². The monoisotopic (exact) mass is 464 g/mol. The Morgan fingerprint density at radius 1 is 0.967 bits per heavy atom. The molecule has 0 heterocycles. The summed E-state index contributed by atoms with van der Waals surface area (Å²) in [7, 11) is 0. The fourth-order valence-corrected chi connectivity index (χ4v) is 3.49. The van der Waals surface area contributed by atoms with Crippen LogP contribution in [0.3, 0.4) is 0 Å². The highest BCUT2D eigenvalue weighted by Crippen LogP contribution is 2.26. The zero-order chi connectivity index (χ0) is 21.3. The average Bonchev–Trinajstić information content (AvgIpc) is 2.74. The number of carbonyl (C=O) groups excluding carboxylic acids is 1. The average molecular weight is 465 g/mol. The fourth-order valence-electron chi connectivity index (χ4n) is 3.23. The van der Waals surface area contributed by atoms with Crippen molar-refractivity contribution in [2.45, 2.75) is 20.3 Å². The van der Waals surface area contributed by atoms with Crippen LogP contribution >= 0.6 is 15.9 Å². The minimum Gasteiger partial charge on any atom is -0.489 e. The number of benzene rings is 3. The number of esters is 1. The molecule has 3 aromatic rings. The number of hydrogen-bond acceptors (Lipinski definition) is 3. The lowest BCUT2D eigenvalue weighted by atomic mass is 9.98. The molecule has 0 bridgehead atoms. The van der Waals surface area contributed by atoms with Gasteiger partial charge in [0.25, 0.3) is 0 Å². The van der Waals surface area contributed by atoms with Crippen LogP contribution in [-0.2, 0) is 16.0 Å². The van der Waals surface area contributed by atoms with E-state index < -0.39 is 0 Å². The molecule has 0 radical (unpaired) electrons. The molecule has 0 amide bonds. The first-order valence-corrected chi connectivity index (χ1v) is 10.8. The summed E-state index contributed by atoms with van der Waals surface area (Å²) < 4.78 is 12.1. The molecule has 3 rings (SSSR count). The van der Waals surface area contributed by atoms with E-state index in [9.17, 15) is 4.79 Å².